The van der Waals surface area contributed by atoms with Gasteiger partial charge in [0.05, 0.1) is 17.3 Å². The number of benzene rings is 2. The molecule has 0 spiro atoms. The van der Waals surface area contributed by atoms with Crippen LogP contribution in [-0.4, -0.2) is 45.8 Å². The van der Waals surface area contributed by atoms with Crippen molar-refractivity contribution in [2.75, 3.05) is 18.5 Å². The maximum absolute atomic E-state index is 13.7. The van der Waals surface area contributed by atoms with Crippen molar-refractivity contribution in [2.45, 2.75) is 58.8 Å². The van der Waals surface area contributed by atoms with Crippen LogP contribution < -0.4 is 16.0 Å². The third-order valence-electron chi connectivity index (χ3n) is 7.36. The molecule has 1 fully saturated rings. The van der Waals surface area contributed by atoms with Crippen molar-refractivity contribution in [1.29, 1.82) is 0 Å². The lowest BCUT2D eigenvalue weighted by molar-refractivity contribution is 0.0904. The molecule has 3 N–H and O–H groups in total. The molecule has 1 aliphatic heterocycles. The van der Waals surface area contributed by atoms with Crippen LogP contribution in [0.3, 0.4) is 0 Å². The Labute approximate surface area is 252 Å². The van der Waals surface area contributed by atoms with Gasteiger partial charge >= 0.3 is 0 Å². The molecule has 2 aromatic carbocycles. The summed E-state index contributed by atoms with van der Waals surface area (Å²) in [6.45, 7) is 6.61. The number of anilines is 1. The zero-order valence-corrected chi connectivity index (χ0v) is 25.3. The topological polar surface area (TPSA) is 110 Å². The van der Waals surface area contributed by atoms with Crippen LogP contribution in [0.4, 0.5) is 10.1 Å². The fourth-order valence-electron chi connectivity index (χ4n) is 5.17. The van der Waals surface area contributed by atoms with Crippen molar-refractivity contribution in [3.63, 3.8) is 0 Å². The molecule has 5 rings (SSSR count). The smallest absolute Gasteiger partial charge is 0.251 e. The average molecular weight is 638 g/mol. The number of hydrogen-bond acceptors (Lipinski definition) is 6. The van der Waals surface area contributed by atoms with Crippen LogP contribution in [0.15, 0.2) is 53.1 Å². The van der Waals surface area contributed by atoms with Gasteiger partial charge in [-0.25, -0.2) is 14.1 Å². The zero-order valence-electron chi connectivity index (χ0n) is 23.7. The summed E-state index contributed by atoms with van der Waals surface area (Å²) < 4.78 is 21.7. The highest BCUT2D eigenvalue weighted by molar-refractivity contribution is 9.10. The number of aryl methyl sites for hydroxylation is 2. The highest BCUT2D eigenvalue weighted by Gasteiger charge is 2.22. The van der Waals surface area contributed by atoms with Gasteiger partial charge in [-0.05, 0) is 68.1 Å². The van der Waals surface area contributed by atoms with Crippen molar-refractivity contribution in [3.8, 4) is 0 Å². The summed E-state index contributed by atoms with van der Waals surface area (Å²) in [7, 11) is 0. The van der Waals surface area contributed by atoms with E-state index in [0.717, 1.165) is 40.8 Å². The second-order valence-corrected chi connectivity index (χ2v) is 11.1. The summed E-state index contributed by atoms with van der Waals surface area (Å²) in [5.74, 6) is -1.05. The molecule has 42 heavy (non-hydrogen) atoms. The second-order valence-electron chi connectivity index (χ2n) is 10.2. The van der Waals surface area contributed by atoms with Crippen molar-refractivity contribution >= 4 is 44.5 Å². The molecule has 3 heterocycles. The van der Waals surface area contributed by atoms with Gasteiger partial charge in [-0.15, -0.1) is 0 Å². The number of carbonyl (C=O) groups is 2. The van der Waals surface area contributed by atoms with E-state index in [2.05, 4.69) is 43.9 Å². The number of carbonyl (C=O) groups excluding carboxylic acids is 2. The third kappa shape index (κ3) is 6.79. The molecule has 0 atom stereocenters. The van der Waals surface area contributed by atoms with Gasteiger partial charge in [-0.3, -0.25) is 9.59 Å². The fourth-order valence-corrected chi connectivity index (χ4v) is 5.68. The van der Waals surface area contributed by atoms with Crippen LogP contribution >= 0.6 is 15.9 Å². The summed E-state index contributed by atoms with van der Waals surface area (Å²) in [5, 5.41) is 15.0. The molecule has 2 amide bonds. The first kappa shape index (κ1) is 29.7. The predicted octanol–water partition coefficient (Wildman–Crippen LogP) is 5.37. The van der Waals surface area contributed by atoms with E-state index in [9.17, 15) is 14.0 Å². The van der Waals surface area contributed by atoms with E-state index < -0.39 is 5.82 Å². The van der Waals surface area contributed by atoms with Gasteiger partial charge in [0, 0.05) is 65.7 Å². The minimum atomic E-state index is -0.391. The predicted molar refractivity (Wildman–Crippen MR) is 163 cm³/mol. The summed E-state index contributed by atoms with van der Waals surface area (Å²) in [6.07, 6.45) is 4.31. The number of ether oxygens (including phenoxy) is 1. The largest absolute Gasteiger partial charge is 0.381 e. The molecule has 220 valence electrons. The molecule has 0 saturated carbocycles. The lowest BCUT2D eigenvalue weighted by atomic mass is 10.0. The van der Waals surface area contributed by atoms with E-state index >= 15 is 0 Å². The van der Waals surface area contributed by atoms with Crippen LogP contribution in [0, 0.1) is 5.82 Å². The van der Waals surface area contributed by atoms with E-state index in [1.54, 1.807) is 30.3 Å². The Morgan fingerprint density at radius 2 is 1.76 bits per heavy atom. The fraction of sp³-hybridized carbons (Fsp3) is 0.355. The van der Waals surface area contributed by atoms with Crippen LogP contribution in [-0.2, 0) is 30.8 Å². The Bertz CT molecular complexity index is 1580. The Balaban J connectivity index is 1.34. The van der Waals surface area contributed by atoms with E-state index in [-0.39, 0.29) is 30.9 Å². The first-order valence-corrected chi connectivity index (χ1v) is 15.0. The van der Waals surface area contributed by atoms with Gasteiger partial charge in [0.15, 0.2) is 5.65 Å². The molecule has 4 aromatic rings. The molecule has 9 nitrogen and oxygen atoms in total. The molecule has 1 aliphatic rings. The molecular weight excluding hydrogens is 603 g/mol. The quantitative estimate of drug-likeness (QED) is 0.216. The summed E-state index contributed by atoms with van der Waals surface area (Å²) >= 11 is 3.26. The maximum Gasteiger partial charge on any atom is 0.251 e. The second kappa shape index (κ2) is 13.4. The Morgan fingerprint density at radius 1 is 1.05 bits per heavy atom. The molecule has 1 saturated heterocycles. The van der Waals surface area contributed by atoms with Crippen molar-refractivity contribution < 1.29 is 18.7 Å². The number of nitrogens with one attached hydrogen (secondary N) is 3. The Morgan fingerprint density at radius 3 is 2.43 bits per heavy atom. The zero-order chi connectivity index (χ0) is 29.6. The summed E-state index contributed by atoms with van der Waals surface area (Å²) in [6, 6.07) is 11.2. The number of hydrogen-bond donors (Lipinski definition) is 3. The van der Waals surface area contributed by atoms with E-state index in [4.69, 9.17) is 9.72 Å². The maximum atomic E-state index is 13.7. The Kier molecular flexibility index (Phi) is 9.48. The van der Waals surface area contributed by atoms with Crippen LogP contribution in [0.1, 0.15) is 64.2 Å². The monoisotopic (exact) mass is 636 g/mol. The van der Waals surface area contributed by atoms with E-state index in [0.29, 0.717) is 47.3 Å². The molecule has 0 bridgehead atoms. The van der Waals surface area contributed by atoms with Crippen molar-refractivity contribution in [2.24, 2.45) is 0 Å². The van der Waals surface area contributed by atoms with Crippen LogP contribution in [0.5, 0.6) is 0 Å². The highest BCUT2D eigenvalue weighted by atomic mass is 79.9. The van der Waals surface area contributed by atoms with Gasteiger partial charge in [0.2, 0.25) is 0 Å². The van der Waals surface area contributed by atoms with E-state index in [1.807, 2.05) is 17.8 Å². The number of rotatable bonds is 10. The first-order valence-electron chi connectivity index (χ1n) is 14.2. The van der Waals surface area contributed by atoms with Crippen molar-refractivity contribution in [3.05, 3.63) is 86.9 Å². The lowest BCUT2D eigenvalue weighted by Gasteiger charge is -2.26. The van der Waals surface area contributed by atoms with E-state index in [1.165, 1.54) is 12.1 Å². The molecular formula is C31H34BrFN6O3. The highest BCUT2D eigenvalue weighted by Crippen LogP contribution is 2.31. The number of halogens is 2. The number of pyridine rings is 1. The first-order chi connectivity index (χ1) is 20.4. The number of amides is 2. The van der Waals surface area contributed by atoms with Crippen LogP contribution in [0.25, 0.3) is 11.0 Å². The van der Waals surface area contributed by atoms with Crippen molar-refractivity contribution in [1.82, 2.24) is 25.4 Å². The number of aromatic nitrogens is 3. The molecule has 0 aliphatic carbocycles. The lowest BCUT2D eigenvalue weighted by Crippen LogP contribution is -2.30. The SMILES string of the molecule is CCc1nc2c(cnn2CC)c(NC2CCOCC2)c1CNC(=O)c1cccc(C(=O)NCc2cc(F)cc(Br)c2)c1. The van der Waals surface area contributed by atoms with Gasteiger partial charge in [-0.2, -0.15) is 5.10 Å². The standard InChI is InChI=1S/C31H34BrFN6O3/c1-3-27-25(28(37-24-8-10-42-11-9-24)26-18-36-39(4-2)29(26)38-27)17-35-31(41)21-7-5-6-20(14-21)30(40)34-16-19-12-22(32)15-23(33)13-19/h5-7,12-15,18,24H,3-4,8-11,16-17H2,1-2H3,(H,34,40)(H,35,41)(H,37,38). The molecule has 2 aromatic heterocycles. The van der Waals surface area contributed by atoms with Crippen LogP contribution in [0.2, 0.25) is 0 Å². The van der Waals surface area contributed by atoms with Gasteiger partial charge in [0.25, 0.3) is 11.8 Å². The Hall–Kier alpha value is -3.83. The minimum Gasteiger partial charge on any atom is -0.381 e. The van der Waals surface area contributed by atoms with Gasteiger partial charge in [-0.1, -0.05) is 28.9 Å². The summed E-state index contributed by atoms with van der Waals surface area (Å²) in [4.78, 5) is 31.1. The molecule has 0 unspecified atom stereocenters. The average Bonchev–Trinajstić information content (AvgIpc) is 3.42. The normalized spacial score (nSPS) is 13.7. The summed E-state index contributed by atoms with van der Waals surface area (Å²) in [5.41, 5.74) is 4.91. The number of fused-ring (bicyclic) bond motifs is 1. The third-order valence-corrected chi connectivity index (χ3v) is 7.82. The van der Waals surface area contributed by atoms with Gasteiger partial charge < -0.3 is 20.7 Å². The van der Waals surface area contributed by atoms with Gasteiger partial charge in [0.1, 0.15) is 5.82 Å². The molecule has 0 radical (unpaired) electrons. The molecule has 11 heteroatoms. The number of nitrogens with zero attached hydrogens (tertiary/aromatic N) is 3. The minimum absolute atomic E-state index is 0.151.